The summed E-state index contributed by atoms with van der Waals surface area (Å²) >= 11 is 0. The van der Waals surface area contributed by atoms with Crippen LogP contribution < -0.4 is 14.8 Å². The van der Waals surface area contributed by atoms with Crippen LogP contribution in [0.3, 0.4) is 0 Å². The van der Waals surface area contributed by atoms with Gasteiger partial charge in [0.15, 0.2) is 11.5 Å². The Morgan fingerprint density at radius 2 is 1.82 bits per heavy atom. The molecule has 0 spiro atoms. The van der Waals surface area contributed by atoms with Gasteiger partial charge in [0, 0.05) is 23.7 Å². The van der Waals surface area contributed by atoms with Crippen LogP contribution in [-0.4, -0.2) is 49.8 Å². The first kappa shape index (κ1) is 23.8. The van der Waals surface area contributed by atoms with Gasteiger partial charge in [-0.05, 0) is 75.2 Å². The predicted molar refractivity (Wildman–Crippen MR) is 131 cm³/mol. The average Bonchev–Trinajstić information content (AvgIpc) is 3.37. The molecule has 1 fully saturated rings. The van der Waals surface area contributed by atoms with Gasteiger partial charge in [0.2, 0.25) is 0 Å². The van der Waals surface area contributed by atoms with Crippen molar-refractivity contribution < 1.29 is 18.8 Å². The summed E-state index contributed by atoms with van der Waals surface area (Å²) in [7, 11) is 3.32. The summed E-state index contributed by atoms with van der Waals surface area (Å²) in [5.74, 6) is 1.86. The highest BCUT2D eigenvalue weighted by Gasteiger charge is 2.27. The van der Waals surface area contributed by atoms with Crippen LogP contribution in [0.1, 0.15) is 52.5 Å². The van der Waals surface area contributed by atoms with Crippen molar-refractivity contribution in [2.24, 2.45) is 0 Å². The number of carbonyl (C=O) groups excluding carboxylic acids is 1. The number of carbonyl (C=O) groups is 1. The molecule has 2 aromatic carbocycles. The lowest BCUT2D eigenvalue weighted by Gasteiger charge is -2.35. The van der Waals surface area contributed by atoms with Crippen molar-refractivity contribution >= 4 is 5.91 Å². The van der Waals surface area contributed by atoms with Crippen molar-refractivity contribution in [1.82, 2.24) is 15.4 Å². The van der Waals surface area contributed by atoms with Crippen molar-refractivity contribution in [3.05, 3.63) is 64.8 Å². The smallest absolute Gasteiger partial charge is 0.273 e. The average molecular weight is 464 g/mol. The third kappa shape index (κ3) is 5.25. The predicted octanol–water partition coefficient (Wildman–Crippen LogP) is 4.93. The van der Waals surface area contributed by atoms with E-state index in [2.05, 4.69) is 29.2 Å². The maximum atomic E-state index is 13.0. The molecule has 1 aromatic heterocycles. The molecule has 1 unspecified atom stereocenters. The fourth-order valence-electron chi connectivity index (χ4n) is 4.46. The van der Waals surface area contributed by atoms with E-state index in [1.54, 1.807) is 20.3 Å². The molecule has 0 saturated carbocycles. The van der Waals surface area contributed by atoms with Crippen molar-refractivity contribution in [3.8, 4) is 22.8 Å². The minimum absolute atomic E-state index is 0.0413. The van der Waals surface area contributed by atoms with E-state index in [1.807, 2.05) is 36.4 Å². The highest BCUT2D eigenvalue weighted by atomic mass is 16.5. The second-order valence-corrected chi connectivity index (χ2v) is 8.81. The Morgan fingerprint density at radius 3 is 2.53 bits per heavy atom. The molecule has 0 bridgehead atoms. The number of amides is 1. The standard InChI is InChI=1S/C27H33N3O4/c1-18-8-9-20(14-19(18)2)26-16-23(29-34-26)27(31)28-17-24(30-12-6-5-7-13-30)22-15-21(32-3)10-11-25(22)33-4/h8-11,14-16,24H,5-7,12-13,17H2,1-4H3,(H,28,31). The Labute approximate surface area is 201 Å². The van der Waals surface area contributed by atoms with Crippen LogP contribution in [0.5, 0.6) is 11.5 Å². The number of hydrogen-bond acceptors (Lipinski definition) is 6. The third-order valence-electron chi connectivity index (χ3n) is 6.62. The summed E-state index contributed by atoms with van der Waals surface area (Å²) in [6.45, 7) is 6.49. The molecule has 7 heteroatoms. The van der Waals surface area contributed by atoms with Gasteiger partial charge in [-0.1, -0.05) is 23.7 Å². The van der Waals surface area contributed by atoms with E-state index >= 15 is 0 Å². The van der Waals surface area contributed by atoms with Crippen LogP contribution >= 0.6 is 0 Å². The molecular weight excluding hydrogens is 430 g/mol. The van der Waals surface area contributed by atoms with Gasteiger partial charge in [-0.15, -0.1) is 0 Å². The SMILES string of the molecule is COc1ccc(OC)c(C(CNC(=O)c2cc(-c3ccc(C)c(C)c3)on2)N2CCCCC2)c1. The molecule has 34 heavy (non-hydrogen) atoms. The molecule has 1 amide bonds. The Hall–Kier alpha value is -3.32. The van der Waals surface area contributed by atoms with Crippen LogP contribution in [0.15, 0.2) is 47.0 Å². The lowest BCUT2D eigenvalue weighted by atomic mass is 10.00. The fraction of sp³-hybridized carbons (Fsp3) is 0.407. The minimum Gasteiger partial charge on any atom is -0.497 e. The normalized spacial score (nSPS) is 15.1. The summed E-state index contributed by atoms with van der Waals surface area (Å²) in [5, 5.41) is 7.09. The van der Waals surface area contributed by atoms with Crippen molar-refractivity contribution in [3.63, 3.8) is 0 Å². The number of ether oxygens (including phenoxy) is 2. The number of nitrogens with one attached hydrogen (secondary N) is 1. The van der Waals surface area contributed by atoms with Gasteiger partial charge >= 0.3 is 0 Å². The van der Waals surface area contributed by atoms with Crippen molar-refractivity contribution in [2.45, 2.75) is 39.2 Å². The number of hydrogen-bond donors (Lipinski definition) is 1. The number of nitrogens with zero attached hydrogens (tertiary/aromatic N) is 2. The number of benzene rings is 2. The van der Waals surface area contributed by atoms with Crippen LogP contribution in [0.25, 0.3) is 11.3 Å². The van der Waals surface area contributed by atoms with Gasteiger partial charge in [-0.3, -0.25) is 9.69 Å². The van der Waals surface area contributed by atoms with E-state index in [1.165, 1.54) is 12.0 Å². The van der Waals surface area contributed by atoms with E-state index in [9.17, 15) is 4.79 Å². The van der Waals surface area contributed by atoms with Crippen molar-refractivity contribution in [1.29, 1.82) is 0 Å². The molecule has 2 heterocycles. The van der Waals surface area contributed by atoms with Gasteiger partial charge in [0.05, 0.1) is 20.3 Å². The maximum Gasteiger partial charge on any atom is 0.273 e. The molecule has 0 radical (unpaired) electrons. The number of piperidine rings is 1. The van der Waals surface area contributed by atoms with E-state index < -0.39 is 0 Å². The first-order valence-corrected chi connectivity index (χ1v) is 11.8. The van der Waals surface area contributed by atoms with Crippen LogP contribution in [0.2, 0.25) is 0 Å². The quantitative estimate of drug-likeness (QED) is 0.510. The van der Waals surface area contributed by atoms with Gasteiger partial charge in [-0.2, -0.15) is 0 Å². The summed E-state index contributed by atoms with van der Waals surface area (Å²) in [6.07, 6.45) is 3.50. The Morgan fingerprint density at radius 1 is 1.03 bits per heavy atom. The molecule has 4 rings (SSSR count). The number of rotatable bonds is 8. The number of aryl methyl sites for hydroxylation is 2. The van der Waals surface area contributed by atoms with Gasteiger partial charge < -0.3 is 19.3 Å². The Kier molecular flexibility index (Phi) is 7.53. The molecule has 1 N–H and O–H groups in total. The molecule has 1 aliphatic heterocycles. The number of methoxy groups -OCH3 is 2. The maximum absolute atomic E-state index is 13.0. The summed E-state index contributed by atoms with van der Waals surface area (Å²) in [5.41, 5.74) is 4.54. The lowest BCUT2D eigenvalue weighted by molar-refractivity contribution is 0.0914. The molecule has 7 nitrogen and oxygen atoms in total. The fourth-order valence-corrected chi connectivity index (χ4v) is 4.46. The zero-order valence-corrected chi connectivity index (χ0v) is 20.4. The molecule has 180 valence electrons. The molecule has 1 saturated heterocycles. The highest BCUT2D eigenvalue weighted by Crippen LogP contribution is 2.34. The zero-order valence-electron chi connectivity index (χ0n) is 20.4. The van der Waals surface area contributed by atoms with Gasteiger partial charge in [-0.25, -0.2) is 0 Å². The molecule has 0 aliphatic carbocycles. The molecule has 3 aromatic rings. The van der Waals surface area contributed by atoms with Crippen LogP contribution in [0, 0.1) is 13.8 Å². The number of likely N-dealkylation sites (tertiary alicyclic amines) is 1. The van der Waals surface area contributed by atoms with Crippen molar-refractivity contribution in [2.75, 3.05) is 33.9 Å². The van der Waals surface area contributed by atoms with Gasteiger partial charge in [0.1, 0.15) is 11.5 Å². The topological polar surface area (TPSA) is 76.8 Å². The first-order chi connectivity index (χ1) is 16.5. The van der Waals surface area contributed by atoms with Gasteiger partial charge in [0.25, 0.3) is 5.91 Å². The summed E-state index contributed by atoms with van der Waals surface area (Å²) in [4.78, 5) is 15.4. The van der Waals surface area contributed by atoms with E-state index in [0.717, 1.165) is 54.1 Å². The van der Waals surface area contributed by atoms with E-state index in [-0.39, 0.29) is 17.6 Å². The second kappa shape index (κ2) is 10.7. The molecular formula is C27H33N3O4. The number of aromatic nitrogens is 1. The second-order valence-electron chi connectivity index (χ2n) is 8.81. The van der Waals surface area contributed by atoms with E-state index in [0.29, 0.717) is 12.3 Å². The molecule has 1 aliphatic rings. The monoisotopic (exact) mass is 463 g/mol. The first-order valence-electron chi connectivity index (χ1n) is 11.8. The van der Waals surface area contributed by atoms with Crippen LogP contribution in [-0.2, 0) is 0 Å². The third-order valence-corrected chi connectivity index (χ3v) is 6.62. The van der Waals surface area contributed by atoms with E-state index in [4.69, 9.17) is 14.0 Å². The summed E-state index contributed by atoms with van der Waals surface area (Å²) < 4.78 is 16.6. The van der Waals surface area contributed by atoms with Crippen LogP contribution in [0.4, 0.5) is 0 Å². The highest BCUT2D eigenvalue weighted by molar-refractivity contribution is 5.93. The Balaban J connectivity index is 1.53. The lowest BCUT2D eigenvalue weighted by Crippen LogP contribution is -2.40. The largest absolute Gasteiger partial charge is 0.497 e. The zero-order chi connectivity index (χ0) is 24.1. The minimum atomic E-state index is -0.261. The Bertz CT molecular complexity index is 1130. The molecule has 1 atom stereocenters. The summed E-state index contributed by atoms with van der Waals surface area (Å²) in [6, 6.07) is 13.5.